The Labute approximate surface area is 245 Å². The third kappa shape index (κ3) is 5.14. The molecule has 0 amide bonds. The number of anilines is 1. The molecule has 3 N–H and O–H groups in total. The second-order valence-electron chi connectivity index (χ2n) is 11.2. The summed E-state index contributed by atoms with van der Waals surface area (Å²) in [5.74, 6) is 0.280. The summed E-state index contributed by atoms with van der Waals surface area (Å²) in [6.45, 7) is 10.3. The van der Waals surface area contributed by atoms with E-state index in [1.165, 1.54) is 22.3 Å². The molecule has 3 aromatic rings. The predicted octanol–water partition coefficient (Wildman–Crippen LogP) is 4.89. The standard InChI is InChI=1S/C33H36N4O5/c1-20-6-4-7-27(29-8-5-9-30-35-32(28(16-34)33(38)39)42-22(3)37(29)30)31(20)41-18-24-11-10-23-17-36(25-13-15-40-19-25)14-12-26(23)21(24)2/h4-11,16,22,25,34H,12-15,17-19H2,1-3H3,(H,38,39)/p+1/b32-28-,34-16?. The number of aromatic nitrogens is 1. The molecule has 1 fully saturated rings. The maximum Gasteiger partial charge on any atom is 0.345 e. The van der Waals surface area contributed by atoms with Crippen LogP contribution in [0, 0.1) is 19.3 Å². The van der Waals surface area contributed by atoms with E-state index in [2.05, 4.69) is 29.3 Å². The molecule has 2 unspecified atom stereocenters. The maximum absolute atomic E-state index is 11.6. The number of fused-ring (bicyclic) bond motifs is 2. The summed E-state index contributed by atoms with van der Waals surface area (Å²) in [4.78, 5) is 14.2. The number of aliphatic carboxylic acids is 1. The Bertz CT molecular complexity index is 1580. The summed E-state index contributed by atoms with van der Waals surface area (Å²) < 4.78 is 20.1. The predicted molar refractivity (Wildman–Crippen MR) is 159 cm³/mol. The van der Waals surface area contributed by atoms with Crippen LogP contribution >= 0.6 is 0 Å². The fraction of sp³-hybridized carbons (Fsp3) is 0.364. The molecule has 6 rings (SSSR count). The Morgan fingerprint density at radius 3 is 2.81 bits per heavy atom. The number of benzene rings is 2. The number of rotatable bonds is 7. The van der Waals surface area contributed by atoms with E-state index in [-0.39, 0.29) is 11.5 Å². The summed E-state index contributed by atoms with van der Waals surface area (Å²) >= 11 is 0. The molecule has 218 valence electrons. The van der Waals surface area contributed by atoms with Crippen LogP contribution < -0.4 is 14.6 Å². The lowest BCUT2D eigenvalue weighted by molar-refractivity contribution is -0.739. The van der Waals surface area contributed by atoms with Crippen LogP contribution in [0.25, 0.3) is 11.3 Å². The van der Waals surface area contributed by atoms with Gasteiger partial charge in [-0.1, -0.05) is 24.3 Å². The van der Waals surface area contributed by atoms with Crippen molar-refractivity contribution in [1.82, 2.24) is 4.90 Å². The van der Waals surface area contributed by atoms with Gasteiger partial charge in [0.05, 0.1) is 12.2 Å². The van der Waals surface area contributed by atoms with Crippen molar-refractivity contribution in [2.24, 2.45) is 0 Å². The van der Waals surface area contributed by atoms with Gasteiger partial charge in [-0.3, -0.25) is 4.90 Å². The number of pyridine rings is 1. The average molecular weight is 570 g/mol. The van der Waals surface area contributed by atoms with Gasteiger partial charge in [0, 0.05) is 44.9 Å². The minimum absolute atomic E-state index is 0.0467. The van der Waals surface area contributed by atoms with E-state index in [0.29, 0.717) is 18.5 Å². The molecule has 3 aliphatic heterocycles. The van der Waals surface area contributed by atoms with Gasteiger partial charge in [-0.05, 0) is 72.7 Å². The van der Waals surface area contributed by atoms with E-state index >= 15 is 0 Å². The highest BCUT2D eigenvalue weighted by Gasteiger charge is 2.34. The summed E-state index contributed by atoms with van der Waals surface area (Å²) in [6.07, 6.45) is 2.42. The van der Waals surface area contributed by atoms with Gasteiger partial charge in [0.2, 0.25) is 6.23 Å². The third-order valence-corrected chi connectivity index (χ3v) is 8.65. The molecule has 2 atom stereocenters. The van der Waals surface area contributed by atoms with Gasteiger partial charge < -0.3 is 24.7 Å². The van der Waals surface area contributed by atoms with Crippen molar-refractivity contribution in [3.63, 3.8) is 0 Å². The molecule has 2 aromatic carbocycles. The Balaban J connectivity index is 1.28. The van der Waals surface area contributed by atoms with Crippen molar-refractivity contribution in [2.45, 2.75) is 59.0 Å². The molecule has 1 saturated heterocycles. The minimum atomic E-state index is -1.23. The average Bonchev–Trinajstić information content (AvgIpc) is 3.52. The highest BCUT2D eigenvalue weighted by atomic mass is 16.5. The second-order valence-corrected chi connectivity index (χ2v) is 11.2. The normalized spacial score (nSPS) is 21.0. The number of nitrogens with one attached hydrogen (secondary N) is 2. The molecular formula is C33H37N4O5+. The monoisotopic (exact) mass is 569 g/mol. The first-order chi connectivity index (χ1) is 20.4. The van der Waals surface area contributed by atoms with Gasteiger partial charge in [0.1, 0.15) is 18.1 Å². The third-order valence-electron chi connectivity index (χ3n) is 8.65. The van der Waals surface area contributed by atoms with Crippen molar-refractivity contribution in [1.29, 1.82) is 5.41 Å². The summed E-state index contributed by atoms with van der Waals surface area (Å²) in [5, 5.41) is 20.1. The van der Waals surface area contributed by atoms with Gasteiger partial charge in [0.25, 0.3) is 5.82 Å². The highest BCUT2D eigenvalue weighted by molar-refractivity contribution is 6.08. The van der Waals surface area contributed by atoms with Crippen LogP contribution in [0.3, 0.4) is 0 Å². The smallest absolute Gasteiger partial charge is 0.345 e. The number of ether oxygens (including phenoxy) is 3. The number of carbonyl (C=O) groups is 1. The Morgan fingerprint density at radius 2 is 2.05 bits per heavy atom. The largest absolute Gasteiger partial charge is 0.488 e. The number of hydrogen-bond donors (Lipinski definition) is 3. The fourth-order valence-corrected chi connectivity index (χ4v) is 6.34. The Kier molecular flexibility index (Phi) is 7.70. The van der Waals surface area contributed by atoms with Crippen LogP contribution in [0.1, 0.15) is 47.4 Å². The minimum Gasteiger partial charge on any atom is -0.488 e. The number of carboxylic acid groups (broad SMARTS) is 1. The molecule has 42 heavy (non-hydrogen) atoms. The zero-order valence-corrected chi connectivity index (χ0v) is 24.3. The van der Waals surface area contributed by atoms with E-state index in [9.17, 15) is 9.90 Å². The van der Waals surface area contributed by atoms with Crippen molar-refractivity contribution in [2.75, 3.05) is 25.1 Å². The van der Waals surface area contributed by atoms with Crippen LogP contribution in [-0.2, 0) is 33.8 Å². The van der Waals surface area contributed by atoms with Crippen molar-refractivity contribution < 1.29 is 28.7 Å². The van der Waals surface area contributed by atoms with Crippen LogP contribution in [-0.4, -0.2) is 48.0 Å². The zero-order chi connectivity index (χ0) is 29.4. The quantitative estimate of drug-likeness (QED) is 0.211. The SMILES string of the molecule is Cc1cccc(-c2cccc3[n+]2C(C)O/C(=C(/C=N)C(=O)O)N3)c1OCc1ccc2c(c1C)CCN(C1CCOC1)C2. The first-order valence-electron chi connectivity index (χ1n) is 14.5. The van der Waals surface area contributed by atoms with E-state index in [4.69, 9.17) is 19.6 Å². The van der Waals surface area contributed by atoms with Gasteiger partial charge in [-0.2, -0.15) is 4.57 Å². The van der Waals surface area contributed by atoms with Gasteiger partial charge in [0.15, 0.2) is 5.57 Å². The molecule has 0 bridgehead atoms. The van der Waals surface area contributed by atoms with Crippen LogP contribution in [0.5, 0.6) is 5.75 Å². The summed E-state index contributed by atoms with van der Waals surface area (Å²) in [6, 6.07) is 16.9. The van der Waals surface area contributed by atoms with E-state index in [1.54, 1.807) is 0 Å². The molecule has 0 aliphatic carbocycles. The Hall–Kier alpha value is -4.21. The first-order valence-corrected chi connectivity index (χ1v) is 14.5. The zero-order valence-electron chi connectivity index (χ0n) is 24.3. The van der Waals surface area contributed by atoms with Crippen LogP contribution in [0.2, 0.25) is 0 Å². The van der Waals surface area contributed by atoms with Crippen LogP contribution in [0.4, 0.5) is 5.82 Å². The molecule has 9 heteroatoms. The molecule has 4 heterocycles. The van der Waals surface area contributed by atoms with Gasteiger partial charge >= 0.3 is 11.9 Å². The summed E-state index contributed by atoms with van der Waals surface area (Å²) in [7, 11) is 0. The fourth-order valence-electron chi connectivity index (χ4n) is 6.34. The molecule has 9 nitrogen and oxygen atoms in total. The molecule has 0 spiro atoms. The first kappa shape index (κ1) is 27.9. The lowest BCUT2D eigenvalue weighted by Crippen LogP contribution is -2.48. The Morgan fingerprint density at radius 1 is 1.21 bits per heavy atom. The number of nitrogens with zero attached hydrogens (tertiary/aromatic N) is 2. The number of aryl methyl sites for hydroxylation is 1. The molecule has 3 aliphatic rings. The molecule has 0 saturated carbocycles. The van der Waals surface area contributed by atoms with Crippen molar-refractivity contribution in [3.8, 4) is 17.0 Å². The van der Waals surface area contributed by atoms with Gasteiger partial charge in [-0.25, -0.2) is 10.1 Å². The van der Waals surface area contributed by atoms with E-state index in [0.717, 1.165) is 67.9 Å². The lowest BCUT2D eigenvalue weighted by atomic mass is 9.91. The number of para-hydroxylation sites is 1. The topological polar surface area (TPSA) is 108 Å². The van der Waals surface area contributed by atoms with E-state index < -0.39 is 12.2 Å². The number of carboxylic acids is 1. The maximum atomic E-state index is 11.6. The molecule has 1 aromatic heterocycles. The van der Waals surface area contributed by atoms with Gasteiger partial charge in [-0.15, -0.1) is 0 Å². The van der Waals surface area contributed by atoms with Crippen molar-refractivity contribution >= 4 is 18.0 Å². The molecular weight excluding hydrogens is 532 g/mol. The highest BCUT2D eigenvalue weighted by Crippen LogP contribution is 2.35. The second kappa shape index (κ2) is 11.6. The lowest BCUT2D eigenvalue weighted by Gasteiger charge is -2.34. The van der Waals surface area contributed by atoms with Crippen molar-refractivity contribution in [3.05, 3.63) is 87.8 Å². The van der Waals surface area contributed by atoms with E-state index in [1.807, 2.05) is 54.8 Å². The molecule has 0 radical (unpaired) electrons. The van der Waals surface area contributed by atoms with Crippen LogP contribution in [0.15, 0.2) is 60.0 Å². The summed E-state index contributed by atoms with van der Waals surface area (Å²) in [5.41, 5.74) is 7.90. The number of hydrogen-bond acceptors (Lipinski definition) is 7.